The SMILES string of the molecule is Cc1cccnc1C(=O)N1CCCCC1C1CCCN1. The number of aryl methyl sites for hydroxylation is 1. The number of pyridine rings is 1. The topological polar surface area (TPSA) is 45.2 Å². The lowest BCUT2D eigenvalue weighted by atomic mass is 9.94. The number of amides is 1. The number of hydrogen-bond acceptors (Lipinski definition) is 3. The second kappa shape index (κ2) is 5.92. The van der Waals surface area contributed by atoms with Crippen molar-refractivity contribution in [1.29, 1.82) is 0 Å². The predicted molar refractivity (Wildman–Crippen MR) is 78.7 cm³/mol. The first-order valence-electron chi connectivity index (χ1n) is 7.73. The lowest BCUT2D eigenvalue weighted by Gasteiger charge is -2.39. The number of nitrogens with zero attached hydrogens (tertiary/aromatic N) is 2. The molecule has 3 heterocycles. The lowest BCUT2D eigenvalue weighted by molar-refractivity contribution is 0.0557. The molecular weight excluding hydrogens is 250 g/mol. The van der Waals surface area contributed by atoms with Gasteiger partial charge in [0.25, 0.3) is 5.91 Å². The molecule has 0 spiro atoms. The van der Waals surface area contributed by atoms with E-state index in [0.29, 0.717) is 17.8 Å². The number of hydrogen-bond donors (Lipinski definition) is 1. The van der Waals surface area contributed by atoms with Crippen molar-refractivity contribution in [3.05, 3.63) is 29.6 Å². The van der Waals surface area contributed by atoms with Gasteiger partial charge in [-0.05, 0) is 57.2 Å². The number of nitrogens with one attached hydrogen (secondary N) is 1. The summed E-state index contributed by atoms with van der Waals surface area (Å²) in [4.78, 5) is 19.2. The van der Waals surface area contributed by atoms with E-state index in [1.807, 2.05) is 19.1 Å². The van der Waals surface area contributed by atoms with Crippen LogP contribution < -0.4 is 5.32 Å². The summed E-state index contributed by atoms with van der Waals surface area (Å²) >= 11 is 0. The number of aromatic nitrogens is 1. The molecule has 3 rings (SSSR count). The van der Waals surface area contributed by atoms with Crippen LogP contribution >= 0.6 is 0 Å². The van der Waals surface area contributed by atoms with Crippen LogP contribution in [-0.4, -0.2) is 41.0 Å². The highest BCUT2D eigenvalue weighted by molar-refractivity contribution is 5.94. The van der Waals surface area contributed by atoms with Gasteiger partial charge in [0.1, 0.15) is 5.69 Å². The van der Waals surface area contributed by atoms with Crippen molar-refractivity contribution in [3.63, 3.8) is 0 Å². The highest BCUT2D eigenvalue weighted by atomic mass is 16.2. The Hall–Kier alpha value is -1.42. The molecule has 1 aromatic heterocycles. The van der Waals surface area contributed by atoms with Crippen molar-refractivity contribution in [2.24, 2.45) is 0 Å². The van der Waals surface area contributed by atoms with E-state index in [2.05, 4.69) is 15.2 Å². The monoisotopic (exact) mass is 273 g/mol. The Morgan fingerprint density at radius 1 is 1.35 bits per heavy atom. The first-order valence-corrected chi connectivity index (χ1v) is 7.73. The van der Waals surface area contributed by atoms with Gasteiger partial charge in [0.05, 0.1) is 0 Å². The van der Waals surface area contributed by atoms with Crippen LogP contribution in [0.5, 0.6) is 0 Å². The fourth-order valence-electron chi connectivity index (χ4n) is 3.51. The minimum atomic E-state index is 0.113. The normalized spacial score (nSPS) is 26.8. The largest absolute Gasteiger partial charge is 0.333 e. The van der Waals surface area contributed by atoms with Crippen molar-refractivity contribution >= 4 is 5.91 Å². The van der Waals surface area contributed by atoms with Crippen molar-refractivity contribution < 1.29 is 4.79 Å². The third-order valence-corrected chi connectivity index (χ3v) is 4.59. The standard InChI is InChI=1S/C16H23N3O/c1-12-6-4-10-18-15(12)16(20)19-11-3-2-8-14(19)13-7-5-9-17-13/h4,6,10,13-14,17H,2-3,5,7-9,11H2,1H3. The van der Waals surface area contributed by atoms with E-state index in [4.69, 9.17) is 0 Å². The van der Waals surface area contributed by atoms with Gasteiger partial charge in [-0.1, -0.05) is 6.07 Å². The quantitative estimate of drug-likeness (QED) is 0.898. The lowest BCUT2D eigenvalue weighted by Crippen LogP contribution is -2.52. The van der Waals surface area contributed by atoms with E-state index in [-0.39, 0.29) is 5.91 Å². The van der Waals surface area contributed by atoms with Gasteiger partial charge in [0.2, 0.25) is 0 Å². The average Bonchev–Trinajstić information content (AvgIpc) is 3.01. The summed E-state index contributed by atoms with van der Waals surface area (Å²) in [5, 5.41) is 3.56. The minimum absolute atomic E-state index is 0.113. The van der Waals surface area contributed by atoms with Gasteiger partial charge in [0.15, 0.2) is 0 Å². The number of carbonyl (C=O) groups excluding carboxylic acids is 1. The summed E-state index contributed by atoms with van der Waals surface area (Å²) in [6.07, 6.45) is 7.60. The van der Waals surface area contributed by atoms with Crippen molar-refractivity contribution in [1.82, 2.24) is 15.2 Å². The van der Waals surface area contributed by atoms with E-state index >= 15 is 0 Å². The fraction of sp³-hybridized carbons (Fsp3) is 0.625. The molecule has 2 atom stereocenters. The molecule has 20 heavy (non-hydrogen) atoms. The molecular formula is C16H23N3O. The van der Waals surface area contributed by atoms with Gasteiger partial charge in [-0.15, -0.1) is 0 Å². The summed E-state index contributed by atoms with van der Waals surface area (Å²) in [6.45, 7) is 3.93. The summed E-state index contributed by atoms with van der Waals surface area (Å²) in [6, 6.07) is 4.68. The Kier molecular flexibility index (Phi) is 4.01. The second-order valence-corrected chi connectivity index (χ2v) is 5.93. The van der Waals surface area contributed by atoms with Gasteiger partial charge in [0, 0.05) is 24.8 Å². The molecule has 2 fully saturated rings. The van der Waals surface area contributed by atoms with Gasteiger partial charge in [-0.25, -0.2) is 0 Å². The molecule has 2 saturated heterocycles. The van der Waals surface area contributed by atoms with E-state index in [0.717, 1.165) is 31.5 Å². The molecule has 2 unspecified atom stereocenters. The molecule has 0 aromatic carbocycles. The zero-order valence-corrected chi connectivity index (χ0v) is 12.1. The molecule has 4 heteroatoms. The maximum atomic E-state index is 12.8. The van der Waals surface area contributed by atoms with Gasteiger partial charge in [-0.2, -0.15) is 0 Å². The Morgan fingerprint density at radius 2 is 2.25 bits per heavy atom. The van der Waals surface area contributed by atoms with E-state index in [1.165, 1.54) is 19.3 Å². The summed E-state index contributed by atoms with van der Waals surface area (Å²) in [7, 11) is 0. The van der Waals surface area contributed by atoms with Crippen LogP contribution in [0.1, 0.15) is 48.2 Å². The number of piperidine rings is 1. The smallest absolute Gasteiger partial charge is 0.273 e. The average molecular weight is 273 g/mol. The molecule has 1 N–H and O–H groups in total. The minimum Gasteiger partial charge on any atom is -0.333 e. The van der Waals surface area contributed by atoms with Crippen LogP contribution in [0.15, 0.2) is 18.3 Å². The molecule has 0 saturated carbocycles. The van der Waals surface area contributed by atoms with Crippen LogP contribution in [-0.2, 0) is 0 Å². The number of carbonyl (C=O) groups is 1. The molecule has 1 amide bonds. The molecule has 2 aliphatic rings. The van der Waals surface area contributed by atoms with Crippen molar-refractivity contribution in [2.75, 3.05) is 13.1 Å². The molecule has 0 radical (unpaired) electrons. The molecule has 108 valence electrons. The van der Waals surface area contributed by atoms with E-state index in [1.54, 1.807) is 6.20 Å². The van der Waals surface area contributed by atoms with E-state index in [9.17, 15) is 4.79 Å². The van der Waals surface area contributed by atoms with Crippen molar-refractivity contribution in [2.45, 2.75) is 51.1 Å². The molecule has 0 bridgehead atoms. The third kappa shape index (κ3) is 2.57. The zero-order valence-electron chi connectivity index (χ0n) is 12.1. The predicted octanol–water partition coefficient (Wildman–Crippen LogP) is 2.14. The van der Waals surface area contributed by atoms with Crippen LogP contribution in [0.4, 0.5) is 0 Å². The Balaban J connectivity index is 1.82. The zero-order chi connectivity index (χ0) is 13.9. The highest BCUT2D eigenvalue weighted by Gasteiger charge is 2.35. The molecule has 2 aliphatic heterocycles. The Bertz CT molecular complexity index is 482. The highest BCUT2D eigenvalue weighted by Crippen LogP contribution is 2.26. The van der Waals surface area contributed by atoms with Crippen LogP contribution in [0.3, 0.4) is 0 Å². The maximum Gasteiger partial charge on any atom is 0.273 e. The first kappa shape index (κ1) is 13.6. The Morgan fingerprint density at radius 3 is 3.00 bits per heavy atom. The molecule has 4 nitrogen and oxygen atoms in total. The Labute approximate surface area is 120 Å². The summed E-state index contributed by atoms with van der Waals surface area (Å²) in [5.74, 6) is 0.113. The molecule has 1 aromatic rings. The third-order valence-electron chi connectivity index (χ3n) is 4.59. The van der Waals surface area contributed by atoms with Crippen LogP contribution in [0.2, 0.25) is 0 Å². The first-order chi connectivity index (χ1) is 9.77. The summed E-state index contributed by atoms with van der Waals surface area (Å²) < 4.78 is 0. The second-order valence-electron chi connectivity index (χ2n) is 5.93. The number of likely N-dealkylation sites (tertiary alicyclic amines) is 1. The van der Waals surface area contributed by atoms with Crippen molar-refractivity contribution in [3.8, 4) is 0 Å². The van der Waals surface area contributed by atoms with Crippen LogP contribution in [0, 0.1) is 6.92 Å². The number of rotatable bonds is 2. The van der Waals surface area contributed by atoms with Gasteiger partial charge >= 0.3 is 0 Å². The van der Waals surface area contributed by atoms with Crippen LogP contribution in [0.25, 0.3) is 0 Å². The summed E-state index contributed by atoms with van der Waals surface area (Å²) in [5.41, 5.74) is 1.60. The maximum absolute atomic E-state index is 12.8. The van der Waals surface area contributed by atoms with Gasteiger partial charge in [-0.3, -0.25) is 9.78 Å². The van der Waals surface area contributed by atoms with Gasteiger partial charge < -0.3 is 10.2 Å². The van der Waals surface area contributed by atoms with E-state index < -0.39 is 0 Å². The molecule has 0 aliphatic carbocycles. The fourth-order valence-corrected chi connectivity index (χ4v) is 3.51.